The van der Waals surface area contributed by atoms with Crippen molar-refractivity contribution >= 4 is 5.84 Å². The van der Waals surface area contributed by atoms with Crippen LogP contribution in [0.25, 0.3) is 0 Å². The van der Waals surface area contributed by atoms with Gasteiger partial charge in [-0.15, -0.1) is 0 Å². The van der Waals surface area contributed by atoms with E-state index in [0.717, 1.165) is 25.7 Å². The Kier molecular flexibility index (Phi) is 2.62. The number of fused-ring (bicyclic) bond motifs is 5. The summed E-state index contributed by atoms with van der Waals surface area (Å²) in [6, 6.07) is 5.49. The molecule has 7 nitrogen and oxygen atoms in total. The molecule has 1 saturated carbocycles. The molecule has 2 bridgehead atoms. The van der Waals surface area contributed by atoms with Crippen LogP contribution in [0.5, 0.6) is 0 Å². The molecular formula is C16H21N5O2. The number of aliphatic imine (C=N–C) groups is 1. The van der Waals surface area contributed by atoms with E-state index in [1.54, 1.807) is 0 Å². The van der Waals surface area contributed by atoms with Crippen molar-refractivity contribution in [2.24, 2.45) is 27.0 Å². The maximum absolute atomic E-state index is 10.2. The molecule has 0 aromatic rings. The summed E-state index contributed by atoms with van der Waals surface area (Å²) in [5, 5.41) is 20.2. The second-order valence-electron chi connectivity index (χ2n) is 7.25. The van der Waals surface area contributed by atoms with Crippen molar-refractivity contribution < 1.29 is 9.47 Å². The van der Waals surface area contributed by atoms with Crippen LogP contribution in [0.1, 0.15) is 25.7 Å². The van der Waals surface area contributed by atoms with Crippen LogP contribution in [0.4, 0.5) is 0 Å². The number of amidine groups is 1. The van der Waals surface area contributed by atoms with Crippen molar-refractivity contribution in [2.75, 3.05) is 21.3 Å². The average Bonchev–Trinajstić information content (AvgIpc) is 2.89. The molecule has 2 saturated heterocycles. The molecule has 4 aliphatic rings. The van der Waals surface area contributed by atoms with Gasteiger partial charge in [0.2, 0.25) is 0 Å². The van der Waals surface area contributed by atoms with E-state index in [4.69, 9.17) is 15.2 Å². The van der Waals surface area contributed by atoms with Crippen LogP contribution in [-0.4, -0.2) is 50.0 Å². The van der Waals surface area contributed by atoms with Crippen molar-refractivity contribution in [3.8, 4) is 12.1 Å². The van der Waals surface area contributed by atoms with Crippen molar-refractivity contribution in [3.05, 3.63) is 0 Å². The number of nitriles is 2. The largest absolute Gasteiger partial charge is 0.386 e. The number of methoxy groups -OCH3 is 2. The van der Waals surface area contributed by atoms with Gasteiger partial charge in [-0.2, -0.15) is 10.5 Å². The zero-order valence-electron chi connectivity index (χ0n) is 13.7. The molecule has 3 fully saturated rings. The third-order valence-corrected chi connectivity index (χ3v) is 7.10. The third kappa shape index (κ3) is 1.11. The number of rotatable bonds is 2. The van der Waals surface area contributed by atoms with E-state index in [9.17, 15) is 10.5 Å². The summed E-state index contributed by atoms with van der Waals surface area (Å²) in [6.07, 6.45) is 3.70. The molecule has 4 rings (SSSR count). The first kappa shape index (κ1) is 14.9. The van der Waals surface area contributed by atoms with Gasteiger partial charge in [0.05, 0.1) is 12.1 Å². The molecule has 122 valence electrons. The molecule has 0 radical (unpaired) electrons. The fraction of sp³-hybridized carbons (Fsp3) is 0.812. The van der Waals surface area contributed by atoms with Gasteiger partial charge in [0.25, 0.3) is 5.91 Å². The van der Waals surface area contributed by atoms with Gasteiger partial charge in [0.15, 0.2) is 5.41 Å². The molecule has 1 spiro atoms. The molecule has 0 aromatic heterocycles. The van der Waals surface area contributed by atoms with E-state index in [0.29, 0.717) is 12.1 Å². The molecule has 2 N–H and O–H groups in total. The van der Waals surface area contributed by atoms with Crippen LogP contribution in [0.2, 0.25) is 0 Å². The molecule has 3 aliphatic heterocycles. The smallest absolute Gasteiger partial charge is 0.292 e. The highest BCUT2D eigenvalue weighted by molar-refractivity contribution is 6.00. The lowest BCUT2D eigenvalue weighted by molar-refractivity contribution is -0.239. The molecule has 0 aromatic carbocycles. The lowest BCUT2D eigenvalue weighted by atomic mass is 9.77. The van der Waals surface area contributed by atoms with Crippen LogP contribution in [-0.2, 0) is 9.47 Å². The zero-order valence-corrected chi connectivity index (χ0v) is 13.7. The fourth-order valence-electron chi connectivity index (χ4n) is 6.07. The van der Waals surface area contributed by atoms with E-state index in [2.05, 4.69) is 29.1 Å². The van der Waals surface area contributed by atoms with E-state index in [-0.39, 0.29) is 5.84 Å². The predicted molar refractivity (Wildman–Crippen MR) is 80.7 cm³/mol. The molecule has 1 unspecified atom stereocenters. The normalized spacial score (nSPS) is 49.3. The van der Waals surface area contributed by atoms with Gasteiger partial charge in [-0.3, -0.25) is 0 Å². The van der Waals surface area contributed by atoms with Gasteiger partial charge < -0.3 is 20.1 Å². The topological polar surface area (TPSA) is 108 Å². The van der Waals surface area contributed by atoms with Crippen LogP contribution >= 0.6 is 0 Å². The summed E-state index contributed by atoms with van der Waals surface area (Å²) in [6.45, 7) is 0. The molecule has 0 amide bonds. The second-order valence-corrected chi connectivity index (χ2v) is 7.25. The van der Waals surface area contributed by atoms with Gasteiger partial charge >= 0.3 is 0 Å². The highest BCUT2D eigenvalue weighted by atomic mass is 16.7. The Labute approximate surface area is 135 Å². The first-order chi connectivity index (χ1) is 11.0. The summed E-state index contributed by atoms with van der Waals surface area (Å²) in [7, 11) is 5.05. The quantitative estimate of drug-likeness (QED) is 0.747. The number of piperidine rings is 1. The van der Waals surface area contributed by atoms with Gasteiger partial charge in [0, 0.05) is 31.7 Å². The van der Waals surface area contributed by atoms with Crippen molar-refractivity contribution in [1.82, 2.24) is 4.90 Å². The van der Waals surface area contributed by atoms with E-state index < -0.39 is 22.2 Å². The monoisotopic (exact) mass is 315 g/mol. The Morgan fingerprint density at radius 3 is 2.17 bits per heavy atom. The van der Waals surface area contributed by atoms with Gasteiger partial charge in [-0.05, 0) is 32.7 Å². The average molecular weight is 315 g/mol. The van der Waals surface area contributed by atoms with Crippen LogP contribution < -0.4 is 5.73 Å². The second kappa shape index (κ2) is 4.05. The van der Waals surface area contributed by atoms with Crippen LogP contribution in [0, 0.1) is 38.9 Å². The van der Waals surface area contributed by atoms with Gasteiger partial charge in [0.1, 0.15) is 11.3 Å². The molecule has 7 heteroatoms. The third-order valence-electron chi connectivity index (χ3n) is 7.10. The first-order valence-electron chi connectivity index (χ1n) is 7.96. The number of nitrogens with zero attached hydrogens (tertiary/aromatic N) is 4. The van der Waals surface area contributed by atoms with E-state index in [1.807, 2.05) is 0 Å². The molecule has 23 heavy (non-hydrogen) atoms. The Morgan fingerprint density at radius 2 is 1.74 bits per heavy atom. The number of nitrogens with two attached hydrogens (primary N) is 1. The minimum Gasteiger partial charge on any atom is -0.386 e. The Morgan fingerprint density at radius 1 is 1.17 bits per heavy atom. The van der Waals surface area contributed by atoms with Gasteiger partial charge in [-0.25, -0.2) is 4.99 Å². The Hall–Kier alpha value is -1.67. The summed E-state index contributed by atoms with van der Waals surface area (Å²) < 4.78 is 11.1. The summed E-state index contributed by atoms with van der Waals surface area (Å²) in [5.74, 6) is -1.30. The Balaban J connectivity index is 1.93. The maximum Gasteiger partial charge on any atom is 0.292 e. The van der Waals surface area contributed by atoms with Crippen molar-refractivity contribution in [1.29, 1.82) is 10.5 Å². The minimum atomic E-state index is -1.49. The highest BCUT2D eigenvalue weighted by Gasteiger charge is 3.01. The molecular weight excluding hydrogens is 294 g/mol. The number of hydrogen-bond donors (Lipinski definition) is 1. The van der Waals surface area contributed by atoms with Gasteiger partial charge in [-0.1, -0.05) is 0 Å². The fourth-order valence-corrected chi connectivity index (χ4v) is 6.07. The predicted octanol–water partition coefficient (Wildman–Crippen LogP) is 0.580. The lowest BCUT2D eigenvalue weighted by Crippen LogP contribution is -2.49. The summed E-state index contributed by atoms with van der Waals surface area (Å²) in [5.41, 5.74) is 3.39. The van der Waals surface area contributed by atoms with E-state index in [1.165, 1.54) is 14.2 Å². The summed E-state index contributed by atoms with van der Waals surface area (Å²) >= 11 is 0. The lowest BCUT2D eigenvalue weighted by Gasteiger charge is -2.41. The molecule has 1 aliphatic carbocycles. The Bertz CT molecular complexity index is 674. The summed E-state index contributed by atoms with van der Waals surface area (Å²) in [4.78, 5) is 6.68. The number of hydrogen-bond acceptors (Lipinski definition) is 7. The molecule has 5 atom stereocenters. The minimum absolute atomic E-state index is 0.189. The van der Waals surface area contributed by atoms with Crippen molar-refractivity contribution in [3.63, 3.8) is 0 Å². The first-order valence-corrected chi connectivity index (χ1v) is 7.96. The standard InChI is InChI=1S/C16H21N5O2/c1-21-10-4-5-11(21)7-13(6-10)14(8-17)12(19)20-16(22-2,23-3)15(13,14)9-18/h10-11H,4-7H2,1-3H3,(H2,19,20)/t10-,11+,13?,14-,15-/m1/s1. The highest BCUT2D eigenvalue weighted by Crippen LogP contribution is 2.89. The van der Waals surface area contributed by atoms with E-state index >= 15 is 0 Å². The number of ether oxygens (including phenoxy) is 2. The maximum atomic E-state index is 10.2. The van der Waals surface area contributed by atoms with Crippen LogP contribution in [0.15, 0.2) is 4.99 Å². The molecule has 3 heterocycles. The SMILES string of the molecule is COC1(OC)N=C(N)[C@]2(C#N)C3(C[C@H]4CC[C@@H](C3)N4C)[C@@]12C#N. The zero-order chi connectivity index (χ0) is 16.7. The van der Waals surface area contributed by atoms with Crippen LogP contribution in [0.3, 0.4) is 0 Å². The van der Waals surface area contributed by atoms with Crippen molar-refractivity contribution in [2.45, 2.75) is 43.7 Å².